The Labute approximate surface area is 158 Å². The van der Waals surface area contributed by atoms with Gasteiger partial charge in [0.2, 0.25) is 0 Å². The van der Waals surface area contributed by atoms with Gasteiger partial charge in [0.1, 0.15) is 11.3 Å². The summed E-state index contributed by atoms with van der Waals surface area (Å²) in [6.07, 6.45) is 6.48. The number of halogens is 2. The van der Waals surface area contributed by atoms with Crippen LogP contribution in [0, 0.1) is 5.92 Å². The topological polar surface area (TPSA) is 30.7 Å². The lowest BCUT2D eigenvalue weighted by Gasteiger charge is -2.19. The molecule has 0 amide bonds. The van der Waals surface area contributed by atoms with Crippen molar-refractivity contribution < 1.29 is 0 Å². The molecule has 2 aromatic heterocycles. The average Bonchev–Trinajstić information content (AvgIpc) is 3.36. The van der Waals surface area contributed by atoms with Crippen molar-refractivity contribution in [3.8, 4) is 11.1 Å². The summed E-state index contributed by atoms with van der Waals surface area (Å²) in [5.41, 5.74) is 3.87. The fourth-order valence-corrected chi connectivity index (χ4v) is 4.28. The van der Waals surface area contributed by atoms with Crippen LogP contribution in [-0.4, -0.2) is 14.5 Å². The molecule has 0 N–H and O–H groups in total. The van der Waals surface area contributed by atoms with Crippen molar-refractivity contribution >= 4 is 34.4 Å². The highest BCUT2D eigenvalue weighted by Crippen LogP contribution is 2.44. The van der Waals surface area contributed by atoms with Crippen molar-refractivity contribution in [3.05, 3.63) is 46.3 Å². The smallest absolute Gasteiger partial charge is 0.160 e. The van der Waals surface area contributed by atoms with Gasteiger partial charge in [-0.3, -0.25) is 0 Å². The van der Waals surface area contributed by atoms with Gasteiger partial charge in [-0.1, -0.05) is 43.1 Å². The quantitative estimate of drug-likeness (QED) is 0.523. The molecule has 0 bridgehead atoms. The van der Waals surface area contributed by atoms with E-state index in [-0.39, 0.29) is 0 Å². The normalized spacial score (nSPS) is 15.7. The summed E-state index contributed by atoms with van der Waals surface area (Å²) in [7, 11) is 0. The lowest BCUT2D eigenvalue weighted by molar-refractivity contribution is 0.427. The summed E-state index contributed by atoms with van der Waals surface area (Å²) >= 11 is 12.5. The van der Waals surface area contributed by atoms with Crippen molar-refractivity contribution in [2.75, 3.05) is 0 Å². The number of imidazole rings is 1. The number of nitrogens with zero attached hydrogens (tertiary/aromatic N) is 3. The number of fused-ring (bicyclic) bond motifs is 1. The van der Waals surface area contributed by atoms with Crippen LogP contribution in [-0.2, 0) is 6.42 Å². The van der Waals surface area contributed by atoms with Crippen LogP contribution in [0.4, 0.5) is 0 Å². The number of hydrogen-bond donors (Lipinski definition) is 0. The van der Waals surface area contributed by atoms with E-state index in [9.17, 15) is 0 Å². The van der Waals surface area contributed by atoms with Gasteiger partial charge in [-0.05, 0) is 43.4 Å². The van der Waals surface area contributed by atoms with E-state index in [2.05, 4.69) is 18.4 Å². The van der Waals surface area contributed by atoms with E-state index in [1.165, 1.54) is 12.8 Å². The molecule has 25 heavy (non-hydrogen) atoms. The Hall–Kier alpha value is -1.58. The number of aryl methyl sites for hydroxylation is 1. The molecule has 3 aromatic rings. The Kier molecular flexibility index (Phi) is 4.47. The number of aromatic nitrogens is 3. The minimum absolute atomic E-state index is 0.489. The molecule has 1 aliphatic carbocycles. The second-order valence-electron chi connectivity index (χ2n) is 6.72. The molecule has 0 aliphatic heterocycles. The predicted molar refractivity (Wildman–Crippen MR) is 104 cm³/mol. The van der Waals surface area contributed by atoms with E-state index in [4.69, 9.17) is 33.2 Å². The van der Waals surface area contributed by atoms with Crippen LogP contribution in [0.3, 0.4) is 0 Å². The molecule has 1 fully saturated rings. The predicted octanol–water partition coefficient (Wildman–Crippen LogP) is 6.33. The van der Waals surface area contributed by atoms with Gasteiger partial charge in [0.15, 0.2) is 5.65 Å². The van der Waals surface area contributed by atoms with Gasteiger partial charge in [-0.15, -0.1) is 0 Å². The Morgan fingerprint density at radius 2 is 1.96 bits per heavy atom. The van der Waals surface area contributed by atoms with Crippen molar-refractivity contribution in [2.24, 2.45) is 5.92 Å². The van der Waals surface area contributed by atoms with E-state index in [0.717, 1.165) is 46.9 Å². The second-order valence-corrected chi connectivity index (χ2v) is 7.56. The van der Waals surface area contributed by atoms with Crippen molar-refractivity contribution in [2.45, 2.75) is 45.6 Å². The van der Waals surface area contributed by atoms with Crippen LogP contribution in [0.25, 0.3) is 22.3 Å². The molecule has 0 saturated heterocycles. The van der Waals surface area contributed by atoms with Gasteiger partial charge < -0.3 is 4.57 Å². The van der Waals surface area contributed by atoms with E-state index in [1.807, 2.05) is 24.4 Å². The van der Waals surface area contributed by atoms with Crippen molar-refractivity contribution in [1.29, 1.82) is 0 Å². The zero-order valence-corrected chi connectivity index (χ0v) is 16.0. The van der Waals surface area contributed by atoms with Crippen LogP contribution in [0.1, 0.15) is 45.0 Å². The number of hydrogen-bond acceptors (Lipinski definition) is 2. The summed E-state index contributed by atoms with van der Waals surface area (Å²) in [4.78, 5) is 9.65. The van der Waals surface area contributed by atoms with Gasteiger partial charge in [-0.25, -0.2) is 9.97 Å². The highest BCUT2D eigenvalue weighted by molar-refractivity contribution is 6.36. The van der Waals surface area contributed by atoms with Crippen molar-refractivity contribution in [1.82, 2.24) is 14.5 Å². The standard InChI is InChI=1S/C20H21Cl2N3/c1-3-17(12-5-6-12)25-18(4-2)24-19-15(9-10-23-20(19)25)14-8-7-13(21)11-16(14)22/h7-12,17H,3-6H2,1-2H3/t17-/m1/s1. The Morgan fingerprint density at radius 3 is 2.60 bits per heavy atom. The SMILES string of the molecule is CCc1nc2c(-c3ccc(Cl)cc3Cl)ccnc2n1[C@H](CC)C1CC1. The summed E-state index contributed by atoms with van der Waals surface area (Å²) < 4.78 is 2.38. The fraction of sp³-hybridized carbons (Fsp3) is 0.400. The molecule has 5 heteroatoms. The molecular formula is C20H21Cl2N3. The monoisotopic (exact) mass is 373 g/mol. The van der Waals surface area contributed by atoms with Gasteiger partial charge in [-0.2, -0.15) is 0 Å². The first-order chi connectivity index (χ1) is 12.1. The first-order valence-corrected chi connectivity index (χ1v) is 9.70. The maximum Gasteiger partial charge on any atom is 0.160 e. The molecule has 1 aromatic carbocycles. The Balaban J connectivity index is 1.94. The first-order valence-electron chi connectivity index (χ1n) is 8.95. The van der Waals surface area contributed by atoms with E-state index in [0.29, 0.717) is 16.1 Å². The lowest BCUT2D eigenvalue weighted by atomic mass is 10.1. The molecule has 1 atom stereocenters. The van der Waals surface area contributed by atoms with E-state index < -0.39 is 0 Å². The molecule has 1 saturated carbocycles. The van der Waals surface area contributed by atoms with Crippen molar-refractivity contribution in [3.63, 3.8) is 0 Å². The molecule has 0 unspecified atom stereocenters. The van der Waals surface area contributed by atoms with Gasteiger partial charge in [0, 0.05) is 39.8 Å². The minimum atomic E-state index is 0.489. The Bertz CT molecular complexity index is 928. The molecule has 130 valence electrons. The maximum atomic E-state index is 6.46. The fourth-order valence-electron chi connectivity index (χ4n) is 3.77. The minimum Gasteiger partial charge on any atom is -0.309 e. The summed E-state index contributed by atoms with van der Waals surface area (Å²) in [5, 5.41) is 1.28. The largest absolute Gasteiger partial charge is 0.309 e. The van der Waals surface area contributed by atoms with Crippen LogP contribution in [0.15, 0.2) is 30.5 Å². The molecule has 4 rings (SSSR count). The Morgan fingerprint density at radius 1 is 1.16 bits per heavy atom. The molecular weight excluding hydrogens is 353 g/mol. The molecule has 2 heterocycles. The molecule has 3 nitrogen and oxygen atoms in total. The second kappa shape index (κ2) is 6.62. The molecule has 0 radical (unpaired) electrons. The number of benzene rings is 1. The lowest BCUT2D eigenvalue weighted by Crippen LogP contribution is -2.13. The average molecular weight is 374 g/mol. The molecule has 0 spiro atoms. The van der Waals surface area contributed by atoms with Crippen LogP contribution in [0.2, 0.25) is 10.0 Å². The third-order valence-corrected chi connectivity index (χ3v) is 5.65. The zero-order chi connectivity index (χ0) is 17.6. The number of rotatable bonds is 5. The van der Waals surface area contributed by atoms with Gasteiger partial charge in [0.25, 0.3) is 0 Å². The third kappa shape index (κ3) is 2.94. The van der Waals surface area contributed by atoms with Gasteiger partial charge in [0.05, 0.1) is 0 Å². The summed E-state index contributed by atoms with van der Waals surface area (Å²) in [5.74, 6) is 1.87. The summed E-state index contributed by atoms with van der Waals surface area (Å²) in [6, 6.07) is 8.09. The third-order valence-electron chi connectivity index (χ3n) is 5.11. The highest BCUT2D eigenvalue weighted by atomic mass is 35.5. The summed E-state index contributed by atoms with van der Waals surface area (Å²) in [6.45, 7) is 4.42. The van der Waals surface area contributed by atoms with Crippen LogP contribution < -0.4 is 0 Å². The zero-order valence-electron chi connectivity index (χ0n) is 14.5. The van der Waals surface area contributed by atoms with E-state index in [1.54, 1.807) is 6.07 Å². The molecule has 1 aliphatic rings. The maximum absolute atomic E-state index is 6.46. The van der Waals surface area contributed by atoms with Gasteiger partial charge >= 0.3 is 0 Å². The first kappa shape index (κ1) is 16.9. The van der Waals surface area contributed by atoms with Crippen LogP contribution in [0.5, 0.6) is 0 Å². The van der Waals surface area contributed by atoms with E-state index >= 15 is 0 Å². The van der Waals surface area contributed by atoms with Crippen LogP contribution >= 0.6 is 23.2 Å². The number of pyridine rings is 1. The highest BCUT2D eigenvalue weighted by Gasteiger charge is 2.33.